The molecular formula is C22H28N4O3. The Hall–Kier alpha value is -2.67. The second kappa shape index (κ2) is 8.78. The molecule has 29 heavy (non-hydrogen) atoms. The maximum Gasteiger partial charge on any atom is 0.325 e. The number of amides is 1. The largest absolute Gasteiger partial charge is 0.480 e. The zero-order valence-electron chi connectivity index (χ0n) is 16.7. The Balaban J connectivity index is 1.26. The molecule has 2 aromatic rings. The van der Waals surface area contributed by atoms with Gasteiger partial charge >= 0.3 is 5.97 Å². The molecular weight excluding hydrogens is 368 g/mol. The van der Waals surface area contributed by atoms with E-state index >= 15 is 0 Å². The van der Waals surface area contributed by atoms with Gasteiger partial charge in [0.05, 0.1) is 0 Å². The Labute approximate surface area is 170 Å². The number of fused-ring (bicyclic) bond motifs is 1. The van der Waals surface area contributed by atoms with E-state index in [0.717, 1.165) is 51.1 Å². The van der Waals surface area contributed by atoms with E-state index in [4.69, 9.17) is 5.11 Å². The number of carbonyl (C=O) groups excluding carboxylic acids is 1. The van der Waals surface area contributed by atoms with Crippen molar-refractivity contribution >= 4 is 11.9 Å². The quantitative estimate of drug-likeness (QED) is 0.778. The molecule has 1 amide bonds. The minimum Gasteiger partial charge on any atom is -0.480 e. The molecule has 0 saturated carbocycles. The van der Waals surface area contributed by atoms with Gasteiger partial charge in [0.25, 0.3) is 0 Å². The van der Waals surface area contributed by atoms with Crippen molar-refractivity contribution in [1.29, 1.82) is 0 Å². The molecule has 1 N–H and O–H groups in total. The number of hydrogen-bond donors (Lipinski definition) is 1. The molecule has 2 aliphatic rings. The highest BCUT2D eigenvalue weighted by atomic mass is 16.4. The number of piperidine rings is 1. The van der Waals surface area contributed by atoms with E-state index in [-0.39, 0.29) is 18.4 Å². The minimum absolute atomic E-state index is 0.134. The zero-order chi connectivity index (χ0) is 20.2. The fourth-order valence-electron chi connectivity index (χ4n) is 4.57. The van der Waals surface area contributed by atoms with Crippen LogP contribution in [0.1, 0.15) is 48.4 Å². The summed E-state index contributed by atoms with van der Waals surface area (Å²) in [6.07, 6.45) is 4.98. The van der Waals surface area contributed by atoms with E-state index in [1.807, 2.05) is 11.0 Å². The molecule has 1 atom stereocenters. The third-order valence-electron chi connectivity index (χ3n) is 6.00. The van der Waals surface area contributed by atoms with Crippen molar-refractivity contribution in [2.24, 2.45) is 0 Å². The lowest BCUT2D eigenvalue weighted by Gasteiger charge is -2.33. The lowest BCUT2D eigenvalue weighted by atomic mass is 9.94. The molecule has 1 aromatic heterocycles. The van der Waals surface area contributed by atoms with Gasteiger partial charge < -0.3 is 10.0 Å². The summed E-state index contributed by atoms with van der Waals surface area (Å²) in [5.74, 6) is -0.541. The molecule has 0 bridgehead atoms. The van der Waals surface area contributed by atoms with Crippen LogP contribution in [0.15, 0.2) is 36.5 Å². The maximum absolute atomic E-state index is 12.8. The molecule has 0 radical (unpaired) electrons. The molecule has 154 valence electrons. The Bertz CT molecular complexity index is 853. The molecule has 2 aliphatic heterocycles. The molecule has 3 heterocycles. The lowest BCUT2D eigenvalue weighted by molar-refractivity contribution is -0.138. The number of benzene rings is 1. The molecule has 4 rings (SSSR count). The van der Waals surface area contributed by atoms with Crippen molar-refractivity contribution < 1.29 is 14.7 Å². The monoisotopic (exact) mass is 396 g/mol. The van der Waals surface area contributed by atoms with Crippen molar-refractivity contribution in [2.75, 3.05) is 19.6 Å². The average molecular weight is 396 g/mol. The minimum atomic E-state index is -0.900. The molecule has 0 spiro atoms. The molecule has 0 aliphatic carbocycles. The van der Waals surface area contributed by atoms with Gasteiger partial charge in [-0.15, -0.1) is 0 Å². The van der Waals surface area contributed by atoms with Crippen molar-refractivity contribution in [3.8, 4) is 0 Å². The van der Waals surface area contributed by atoms with Crippen molar-refractivity contribution in [2.45, 2.75) is 51.2 Å². The van der Waals surface area contributed by atoms with Crippen molar-refractivity contribution in [1.82, 2.24) is 19.6 Å². The van der Waals surface area contributed by atoms with Gasteiger partial charge in [-0.1, -0.05) is 24.3 Å². The smallest absolute Gasteiger partial charge is 0.325 e. The molecule has 7 heteroatoms. The summed E-state index contributed by atoms with van der Waals surface area (Å²) in [7, 11) is 0. The van der Waals surface area contributed by atoms with Crippen LogP contribution in [0.25, 0.3) is 0 Å². The third-order valence-corrected chi connectivity index (χ3v) is 6.00. The van der Waals surface area contributed by atoms with Gasteiger partial charge in [0.1, 0.15) is 6.54 Å². The van der Waals surface area contributed by atoms with Crippen LogP contribution in [0.2, 0.25) is 0 Å². The number of carbonyl (C=O) groups is 2. The average Bonchev–Trinajstić information content (AvgIpc) is 3.34. The second-order valence-electron chi connectivity index (χ2n) is 8.07. The molecule has 1 saturated heterocycles. The van der Waals surface area contributed by atoms with Crippen LogP contribution in [0.4, 0.5) is 0 Å². The van der Waals surface area contributed by atoms with E-state index < -0.39 is 5.97 Å². The SMILES string of the molecule is O=C(O)Cn1nccc1[C@H]1CCCN(C(=O)CCCN2Cc3ccccc3C2)C1. The number of carboxylic acids is 1. The number of carboxylic acid groups (broad SMARTS) is 1. The van der Waals surface area contributed by atoms with Gasteiger partial charge in [-0.2, -0.15) is 5.10 Å². The standard InChI is InChI=1S/C22H28N4O3/c27-21(8-4-11-24-13-17-5-1-2-6-18(17)14-24)25-12-3-7-19(15-25)20-9-10-23-26(20)16-22(28)29/h1-2,5-6,9-10,19H,3-4,7-8,11-16H2,(H,28,29)/t19-/m0/s1. The highest BCUT2D eigenvalue weighted by molar-refractivity contribution is 5.76. The molecule has 0 unspecified atom stereocenters. The number of likely N-dealkylation sites (tertiary alicyclic amines) is 1. The van der Waals surface area contributed by atoms with Gasteiger partial charge in [-0.3, -0.25) is 19.2 Å². The molecule has 7 nitrogen and oxygen atoms in total. The first-order valence-corrected chi connectivity index (χ1v) is 10.4. The predicted octanol–water partition coefficient (Wildman–Crippen LogP) is 2.47. The van der Waals surface area contributed by atoms with Crippen LogP contribution in [-0.2, 0) is 29.2 Å². The number of nitrogens with zero attached hydrogens (tertiary/aromatic N) is 4. The van der Waals surface area contributed by atoms with Gasteiger partial charge in [-0.25, -0.2) is 0 Å². The van der Waals surface area contributed by atoms with Gasteiger partial charge in [0.2, 0.25) is 5.91 Å². The van der Waals surface area contributed by atoms with E-state index in [9.17, 15) is 9.59 Å². The van der Waals surface area contributed by atoms with E-state index in [1.165, 1.54) is 11.1 Å². The summed E-state index contributed by atoms with van der Waals surface area (Å²) < 4.78 is 1.55. The van der Waals surface area contributed by atoms with Crippen LogP contribution in [0, 0.1) is 0 Å². The van der Waals surface area contributed by atoms with Gasteiger partial charge in [-0.05, 0) is 43.0 Å². The summed E-state index contributed by atoms with van der Waals surface area (Å²) in [6, 6.07) is 10.4. The third kappa shape index (κ3) is 4.67. The van der Waals surface area contributed by atoms with E-state index in [2.05, 4.69) is 34.3 Å². The van der Waals surface area contributed by atoms with Crippen molar-refractivity contribution in [3.05, 3.63) is 53.3 Å². The van der Waals surface area contributed by atoms with Crippen LogP contribution < -0.4 is 0 Å². The first-order chi connectivity index (χ1) is 14.1. The van der Waals surface area contributed by atoms with Crippen LogP contribution >= 0.6 is 0 Å². The second-order valence-corrected chi connectivity index (χ2v) is 8.07. The number of rotatable bonds is 7. The fraction of sp³-hybridized carbons (Fsp3) is 0.500. The molecule has 1 fully saturated rings. The number of aromatic nitrogens is 2. The van der Waals surface area contributed by atoms with Gasteiger partial charge in [0.15, 0.2) is 0 Å². The van der Waals surface area contributed by atoms with E-state index in [1.54, 1.807) is 10.9 Å². The fourth-order valence-corrected chi connectivity index (χ4v) is 4.57. The first kappa shape index (κ1) is 19.6. The summed E-state index contributed by atoms with van der Waals surface area (Å²) >= 11 is 0. The summed E-state index contributed by atoms with van der Waals surface area (Å²) in [5.41, 5.74) is 3.71. The van der Waals surface area contributed by atoms with E-state index in [0.29, 0.717) is 13.0 Å². The highest BCUT2D eigenvalue weighted by Gasteiger charge is 2.27. The van der Waals surface area contributed by atoms with Crippen LogP contribution in [0.5, 0.6) is 0 Å². The lowest BCUT2D eigenvalue weighted by Crippen LogP contribution is -2.40. The predicted molar refractivity (Wildman–Crippen MR) is 108 cm³/mol. The number of hydrogen-bond acceptors (Lipinski definition) is 4. The maximum atomic E-state index is 12.8. The van der Waals surface area contributed by atoms with Gasteiger partial charge in [0, 0.05) is 50.4 Å². The summed E-state index contributed by atoms with van der Waals surface area (Å²) in [4.78, 5) is 28.2. The Morgan fingerprint density at radius 2 is 1.90 bits per heavy atom. The Morgan fingerprint density at radius 1 is 1.14 bits per heavy atom. The number of aliphatic carboxylic acids is 1. The topological polar surface area (TPSA) is 78.7 Å². The summed E-state index contributed by atoms with van der Waals surface area (Å²) in [5, 5.41) is 13.2. The Morgan fingerprint density at radius 3 is 2.62 bits per heavy atom. The molecule has 1 aromatic carbocycles. The highest BCUT2D eigenvalue weighted by Crippen LogP contribution is 2.27. The van der Waals surface area contributed by atoms with Crippen LogP contribution in [0.3, 0.4) is 0 Å². The summed E-state index contributed by atoms with van der Waals surface area (Å²) in [6.45, 7) is 4.19. The van der Waals surface area contributed by atoms with Crippen LogP contribution in [-0.4, -0.2) is 56.2 Å². The zero-order valence-corrected chi connectivity index (χ0v) is 16.7. The Kier molecular flexibility index (Phi) is 5.94. The first-order valence-electron chi connectivity index (χ1n) is 10.4. The van der Waals surface area contributed by atoms with Crippen molar-refractivity contribution in [3.63, 3.8) is 0 Å². The normalized spacial score (nSPS) is 19.3.